The third-order valence-electron chi connectivity index (χ3n) is 5.26. The lowest BCUT2D eigenvalue weighted by Gasteiger charge is -2.27. The summed E-state index contributed by atoms with van der Waals surface area (Å²) in [5.74, 6) is -1.72. The fourth-order valence-corrected chi connectivity index (χ4v) is 7.22. The van der Waals surface area contributed by atoms with Gasteiger partial charge in [0.1, 0.15) is 5.75 Å². The fraction of sp³-hybridized carbons (Fsp3) is 0.381. The van der Waals surface area contributed by atoms with Crippen LogP contribution >= 0.6 is 0 Å². The van der Waals surface area contributed by atoms with Gasteiger partial charge in [0.25, 0.3) is 0 Å². The van der Waals surface area contributed by atoms with E-state index in [-0.39, 0.29) is 5.56 Å². The van der Waals surface area contributed by atoms with Crippen molar-refractivity contribution in [1.29, 1.82) is 0 Å². The number of carbonyl (C=O) groups excluding carboxylic acids is 1. The summed E-state index contributed by atoms with van der Waals surface area (Å²) in [6.07, 6.45) is 3.86. The van der Waals surface area contributed by atoms with E-state index in [1.54, 1.807) is 12.1 Å². The predicted octanol–water partition coefficient (Wildman–Crippen LogP) is 5.70. The molecule has 2 nitrogen and oxygen atoms in total. The molecule has 2 aromatic rings. The molecule has 0 amide bonds. The number of benzene rings is 2. The first-order valence-corrected chi connectivity index (χ1v) is 11.8. The minimum absolute atomic E-state index is 0.00724. The standard InChI is InChI=1S/C21H24F2O2Si/c1-2-11-26-12-9-16(10-13-26)15-3-6-18(7-4-15)25-21(24)17-5-8-19(22)20(23)14-17/h3-8,14,16,26H,2,9-13H2,1H3/t16-,26-. The summed E-state index contributed by atoms with van der Waals surface area (Å²) in [7, 11) is -0.487. The van der Waals surface area contributed by atoms with Gasteiger partial charge in [0.15, 0.2) is 11.6 Å². The van der Waals surface area contributed by atoms with Gasteiger partial charge in [-0.2, -0.15) is 0 Å². The number of rotatable bonds is 5. The van der Waals surface area contributed by atoms with Gasteiger partial charge in [-0.05, 0) is 54.7 Å². The Morgan fingerprint density at radius 3 is 2.38 bits per heavy atom. The lowest BCUT2D eigenvalue weighted by atomic mass is 9.93. The minimum Gasteiger partial charge on any atom is -0.423 e. The van der Waals surface area contributed by atoms with Crippen LogP contribution in [0.5, 0.6) is 5.75 Å². The average molecular weight is 375 g/mol. The quantitative estimate of drug-likeness (QED) is 0.381. The Kier molecular flexibility index (Phi) is 6.19. The van der Waals surface area contributed by atoms with Crippen molar-refractivity contribution in [2.45, 2.75) is 50.2 Å². The summed E-state index contributed by atoms with van der Waals surface area (Å²) in [6, 6.07) is 14.9. The largest absolute Gasteiger partial charge is 0.423 e. The van der Waals surface area contributed by atoms with Crippen LogP contribution in [0.1, 0.15) is 48.0 Å². The third kappa shape index (κ3) is 4.58. The van der Waals surface area contributed by atoms with Crippen LogP contribution in [-0.4, -0.2) is 14.8 Å². The average Bonchev–Trinajstić information content (AvgIpc) is 2.65. The topological polar surface area (TPSA) is 26.3 Å². The summed E-state index contributed by atoms with van der Waals surface area (Å²) in [6.45, 7) is 2.28. The predicted molar refractivity (Wildman–Crippen MR) is 102 cm³/mol. The molecule has 0 aliphatic carbocycles. The number of carbonyl (C=O) groups is 1. The lowest BCUT2D eigenvalue weighted by molar-refractivity contribution is 0.0734. The zero-order chi connectivity index (χ0) is 18.5. The Labute approximate surface area is 154 Å². The maximum Gasteiger partial charge on any atom is 0.343 e. The van der Waals surface area contributed by atoms with E-state index in [9.17, 15) is 13.6 Å². The van der Waals surface area contributed by atoms with Crippen molar-refractivity contribution in [1.82, 2.24) is 0 Å². The van der Waals surface area contributed by atoms with Gasteiger partial charge in [-0.25, -0.2) is 13.6 Å². The highest BCUT2D eigenvalue weighted by atomic mass is 28.3. The van der Waals surface area contributed by atoms with E-state index in [1.807, 2.05) is 12.1 Å². The van der Waals surface area contributed by atoms with E-state index in [0.717, 1.165) is 12.1 Å². The van der Waals surface area contributed by atoms with Crippen LogP contribution in [0.2, 0.25) is 18.1 Å². The van der Waals surface area contributed by atoms with E-state index >= 15 is 0 Å². The molecule has 0 unspecified atom stereocenters. The van der Waals surface area contributed by atoms with Gasteiger partial charge in [-0.1, -0.05) is 43.6 Å². The molecule has 0 spiro atoms. The smallest absolute Gasteiger partial charge is 0.343 e. The molecule has 0 aromatic heterocycles. The van der Waals surface area contributed by atoms with Crippen LogP contribution in [0.25, 0.3) is 0 Å². The first-order chi connectivity index (χ1) is 12.6. The number of esters is 1. The van der Waals surface area contributed by atoms with Crippen molar-refractivity contribution in [2.75, 3.05) is 0 Å². The lowest BCUT2D eigenvalue weighted by Crippen LogP contribution is -2.20. The van der Waals surface area contributed by atoms with Crippen LogP contribution in [0.3, 0.4) is 0 Å². The summed E-state index contributed by atoms with van der Waals surface area (Å²) >= 11 is 0. The van der Waals surface area contributed by atoms with Gasteiger partial charge >= 0.3 is 5.97 Å². The Morgan fingerprint density at radius 1 is 1.08 bits per heavy atom. The van der Waals surface area contributed by atoms with E-state index in [1.165, 1.54) is 49.0 Å². The van der Waals surface area contributed by atoms with Crippen molar-refractivity contribution in [2.24, 2.45) is 0 Å². The molecule has 3 rings (SSSR count). The van der Waals surface area contributed by atoms with Gasteiger partial charge in [-0.3, -0.25) is 0 Å². The maximum atomic E-state index is 13.2. The van der Waals surface area contributed by atoms with Crippen LogP contribution in [0.4, 0.5) is 8.78 Å². The SMILES string of the molecule is CCC[Si@H]1CC[C@H](c2ccc(OC(=O)c3ccc(F)c(F)c3)cc2)CC1. The van der Waals surface area contributed by atoms with Crippen molar-refractivity contribution >= 4 is 14.8 Å². The molecular weight excluding hydrogens is 350 g/mol. The molecule has 0 saturated carbocycles. The third-order valence-corrected chi connectivity index (χ3v) is 8.95. The summed E-state index contributed by atoms with van der Waals surface area (Å²) in [5, 5.41) is 0. The zero-order valence-corrected chi connectivity index (χ0v) is 16.2. The van der Waals surface area contributed by atoms with Gasteiger partial charge in [-0.15, -0.1) is 0 Å². The van der Waals surface area contributed by atoms with Crippen molar-refractivity contribution in [3.63, 3.8) is 0 Å². The molecule has 1 aliphatic rings. The molecule has 1 heterocycles. The molecule has 138 valence electrons. The van der Waals surface area contributed by atoms with Crippen LogP contribution in [0, 0.1) is 11.6 Å². The Morgan fingerprint density at radius 2 is 1.77 bits per heavy atom. The van der Waals surface area contributed by atoms with Crippen LogP contribution in [-0.2, 0) is 0 Å². The molecule has 1 fully saturated rings. The highest BCUT2D eigenvalue weighted by molar-refractivity contribution is 6.59. The maximum absolute atomic E-state index is 13.2. The van der Waals surface area contributed by atoms with E-state index < -0.39 is 26.4 Å². The second-order valence-electron chi connectivity index (χ2n) is 7.09. The molecule has 26 heavy (non-hydrogen) atoms. The van der Waals surface area contributed by atoms with Gasteiger partial charge in [0.2, 0.25) is 0 Å². The number of hydrogen-bond acceptors (Lipinski definition) is 2. The first-order valence-electron chi connectivity index (χ1n) is 9.34. The summed E-state index contributed by atoms with van der Waals surface area (Å²) in [4.78, 5) is 12.1. The second-order valence-corrected chi connectivity index (χ2v) is 10.6. The number of hydrogen-bond donors (Lipinski definition) is 0. The van der Waals surface area contributed by atoms with Crippen LogP contribution in [0.15, 0.2) is 42.5 Å². The van der Waals surface area contributed by atoms with Crippen molar-refractivity contribution in [3.8, 4) is 5.75 Å². The fourth-order valence-electron chi connectivity index (χ4n) is 3.79. The Bertz CT molecular complexity index is 753. The summed E-state index contributed by atoms with van der Waals surface area (Å²) in [5.41, 5.74) is 1.29. The second kappa shape index (κ2) is 8.58. The van der Waals surface area contributed by atoms with E-state index in [0.29, 0.717) is 11.7 Å². The van der Waals surface area contributed by atoms with Gasteiger partial charge in [0.05, 0.1) is 5.56 Å². The molecule has 5 heteroatoms. The van der Waals surface area contributed by atoms with E-state index in [4.69, 9.17) is 4.74 Å². The van der Waals surface area contributed by atoms with E-state index in [2.05, 4.69) is 6.92 Å². The monoisotopic (exact) mass is 374 g/mol. The van der Waals surface area contributed by atoms with Gasteiger partial charge in [0, 0.05) is 8.80 Å². The van der Waals surface area contributed by atoms with Crippen molar-refractivity contribution in [3.05, 3.63) is 65.2 Å². The molecular formula is C21H24F2O2Si. The molecule has 0 radical (unpaired) electrons. The molecule has 2 aromatic carbocycles. The van der Waals surface area contributed by atoms with Crippen LogP contribution < -0.4 is 4.74 Å². The number of halogens is 2. The number of ether oxygens (including phenoxy) is 1. The highest BCUT2D eigenvalue weighted by Gasteiger charge is 2.22. The minimum atomic E-state index is -1.06. The highest BCUT2D eigenvalue weighted by Crippen LogP contribution is 2.35. The molecule has 1 saturated heterocycles. The molecule has 0 N–H and O–H groups in total. The summed E-state index contributed by atoms with van der Waals surface area (Å²) < 4.78 is 31.5. The normalized spacial score (nSPS) is 20.0. The molecule has 0 atom stereocenters. The molecule has 0 bridgehead atoms. The Balaban J connectivity index is 1.59. The van der Waals surface area contributed by atoms with Crippen molar-refractivity contribution < 1.29 is 18.3 Å². The Hall–Kier alpha value is -2.01. The first kappa shape index (κ1) is 18.8. The molecule has 1 aliphatic heterocycles. The van der Waals surface area contributed by atoms with Gasteiger partial charge < -0.3 is 4.74 Å². The zero-order valence-electron chi connectivity index (χ0n) is 15.0.